The maximum atomic E-state index is 12.5. The van der Waals surface area contributed by atoms with Crippen molar-refractivity contribution in [1.82, 2.24) is 0 Å². The Bertz CT molecular complexity index is 441. The summed E-state index contributed by atoms with van der Waals surface area (Å²) in [5, 5.41) is 10.1. The molecule has 0 bridgehead atoms. The van der Waals surface area contributed by atoms with Crippen LogP contribution in [0.1, 0.15) is 0 Å². The first-order chi connectivity index (χ1) is 7.74. The summed E-state index contributed by atoms with van der Waals surface area (Å²) in [6, 6.07) is 2.26. The van der Waals surface area contributed by atoms with Gasteiger partial charge in [0.1, 0.15) is 10.8 Å². The number of nitro benzene ring substituents is 1. The fraction of sp³-hybridized carbons (Fsp3) is 0.250. The number of nitro groups is 1. The molecule has 0 N–H and O–H groups in total. The van der Waals surface area contributed by atoms with Crippen LogP contribution in [0.3, 0.4) is 0 Å². The first-order valence-electron chi connectivity index (χ1n) is 4.03. The molecule has 0 fully saturated rings. The van der Waals surface area contributed by atoms with Crippen LogP contribution in [0.5, 0.6) is 5.75 Å². The third-order valence-electron chi connectivity index (χ3n) is 1.62. The van der Waals surface area contributed by atoms with E-state index in [-0.39, 0.29) is 5.02 Å². The van der Waals surface area contributed by atoms with Crippen LogP contribution in [0.4, 0.5) is 23.2 Å². The van der Waals surface area contributed by atoms with Crippen LogP contribution >= 0.6 is 11.6 Å². The molecular weight excluding hydrogens is 270 g/mol. The highest BCUT2D eigenvalue weighted by Gasteiger charge is 2.44. The van der Waals surface area contributed by atoms with E-state index < -0.39 is 28.9 Å². The van der Waals surface area contributed by atoms with Crippen LogP contribution in [0.2, 0.25) is 5.02 Å². The molecule has 17 heavy (non-hydrogen) atoms. The third-order valence-corrected chi connectivity index (χ3v) is 1.94. The largest absolute Gasteiger partial charge is 0.461 e. The van der Waals surface area contributed by atoms with Gasteiger partial charge >= 0.3 is 12.5 Å². The second-order valence-corrected chi connectivity index (χ2v) is 3.24. The van der Waals surface area contributed by atoms with Gasteiger partial charge in [0.15, 0.2) is 0 Å². The van der Waals surface area contributed by atoms with E-state index in [1.54, 1.807) is 0 Å². The van der Waals surface area contributed by atoms with Gasteiger partial charge in [-0.15, -0.1) is 0 Å². The van der Waals surface area contributed by atoms with Crippen molar-refractivity contribution in [2.75, 3.05) is 0 Å². The zero-order chi connectivity index (χ0) is 13.2. The molecule has 1 rings (SSSR count). The summed E-state index contributed by atoms with van der Waals surface area (Å²) < 4.78 is 52.2. The highest BCUT2D eigenvalue weighted by Crippen LogP contribution is 2.32. The molecule has 0 saturated heterocycles. The van der Waals surface area contributed by atoms with Crippen molar-refractivity contribution in [3.63, 3.8) is 0 Å². The van der Waals surface area contributed by atoms with Gasteiger partial charge < -0.3 is 4.74 Å². The van der Waals surface area contributed by atoms with Crippen LogP contribution in [-0.2, 0) is 0 Å². The summed E-state index contributed by atoms with van der Waals surface area (Å²) in [6.45, 7) is 0. The maximum Gasteiger partial charge on any atom is 0.461 e. The summed E-state index contributed by atoms with van der Waals surface area (Å²) >= 11 is 5.39. The van der Waals surface area contributed by atoms with Crippen molar-refractivity contribution < 1.29 is 27.2 Å². The molecule has 0 saturated carbocycles. The van der Waals surface area contributed by atoms with Gasteiger partial charge in [-0.3, -0.25) is 10.1 Å². The van der Waals surface area contributed by atoms with E-state index in [2.05, 4.69) is 4.74 Å². The molecule has 0 aliphatic heterocycles. The van der Waals surface area contributed by atoms with Gasteiger partial charge in [0.2, 0.25) is 0 Å². The predicted molar refractivity (Wildman–Crippen MR) is 49.7 cm³/mol. The number of ether oxygens (including phenoxy) is 1. The number of hydrogen-bond donors (Lipinski definition) is 0. The Morgan fingerprint density at radius 1 is 1.41 bits per heavy atom. The highest BCUT2D eigenvalue weighted by atomic mass is 35.5. The second kappa shape index (κ2) is 4.74. The summed E-state index contributed by atoms with van der Waals surface area (Å²) in [6.07, 6.45) is -8.76. The van der Waals surface area contributed by atoms with E-state index in [1.807, 2.05) is 0 Å². The van der Waals surface area contributed by atoms with Gasteiger partial charge in [-0.25, -0.2) is 0 Å². The van der Waals surface area contributed by atoms with Crippen LogP contribution in [0, 0.1) is 10.1 Å². The van der Waals surface area contributed by atoms with Gasteiger partial charge in [-0.1, -0.05) is 11.6 Å². The number of benzene rings is 1. The number of halogens is 5. The first-order valence-corrected chi connectivity index (χ1v) is 4.41. The summed E-state index contributed by atoms with van der Waals surface area (Å²) in [7, 11) is 0. The molecule has 0 spiro atoms. The van der Waals surface area contributed by atoms with Crippen LogP contribution < -0.4 is 4.74 Å². The zero-order valence-electron chi connectivity index (χ0n) is 7.87. The molecule has 0 heterocycles. The molecule has 0 aromatic heterocycles. The summed E-state index contributed by atoms with van der Waals surface area (Å²) in [5.41, 5.74) is -0.714. The minimum Gasteiger partial charge on any atom is -0.428 e. The van der Waals surface area contributed by atoms with Crippen molar-refractivity contribution in [2.45, 2.75) is 12.5 Å². The Labute approximate surface area is 96.9 Å². The quantitative estimate of drug-likeness (QED) is 0.479. The van der Waals surface area contributed by atoms with Crippen molar-refractivity contribution in [3.05, 3.63) is 33.3 Å². The van der Waals surface area contributed by atoms with E-state index in [4.69, 9.17) is 11.6 Å². The van der Waals surface area contributed by atoms with Crippen LogP contribution in [0.25, 0.3) is 0 Å². The molecule has 1 aromatic rings. The fourth-order valence-electron chi connectivity index (χ4n) is 0.898. The Kier molecular flexibility index (Phi) is 3.76. The molecule has 0 atom stereocenters. The lowest BCUT2D eigenvalue weighted by atomic mass is 10.3. The molecule has 9 heteroatoms. The first kappa shape index (κ1) is 13.5. The third kappa shape index (κ3) is 3.19. The normalized spacial score (nSPS) is 11.6. The average molecular weight is 274 g/mol. The average Bonchev–Trinajstić information content (AvgIpc) is 2.20. The molecule has 1 aromatic carbocycles. The van der Waals surface area contributed by atoms with Gasteiger partial charge in [-0.05, 0) is 12.1 Å². The van der Waals surface area contributed by atoms with E-state index in [0.717, 1.165) is 12.1 Å². The Balaban J connectivity index is 3.01. The summed E-state index contributed by atoms with van der Waals surface area (Å²) in [5.74, 6) is -0.772. The lowest BCUT2D eigenvalue weighted by molar-refractivity contribution is -0.384. The number of rotatable bonds is 4. The smallest absolute Gasteiger partial charge is 0.428 e. The van der Waals surface area contributed by atoms with E-state index in [1.165, 1.54) is 0 Å². The van der Waals surface area contributed by atoms with Crippen molar-refractivity contribution in [1.29, 1.82) is 0 Å². The van der Waals surface area contributed by atoms with Crippen molar-refractivity contribution in [3.8, 4) is 5.75 Å². The SMILES string of the molecule is O=[N+]([O-])c1cc(OC(F)(F)C(F)F)ccc1Cl. The van der Waals surface area contributed by atoms with Gasteiger partial charge in [0, 0.05) is 0 Å². The Morgan fingerprint density at radius 2 is 2.00 bits per heavy atom. The molecule has 0 radical (unpaired) electrons. The lowest BCUT2D eigenvalue weighted by Crippen LogP contribution is -2.33. The van der Waals surface area contributed by atoms with Gasteiger partial charge in [0.05, 0.1) is 11.0 Å². The minimum absolute atomic E-state index is 0.317. The number of alkyl halides is 4. The molecular formula is C8H4ClF4NO3. The standard InChI is InChI=1S/C8H4ClF4NO3/c9-5-2-1-4(3-6(5)14(15)16)17-8(12,13)7(10)11/h1-3,7H. The second-order valence-electron chi connectivity index (χ2n) is 2.83. The molecule has 4 nitrogen and oxygen atoms in total. The highest BCUT2D eigenvalue weighted by molar-refractivity contribution is 6.32. The molecule has 0 aliphatic carbocycles. The number of nitrogens with zero attached hydrogens (tertiary/aromatic N) is 1. The van der Waals surface area contributed by atoms with Crippen molar-refractivity contribution >= 4 is 17.3 Å². The van der Waals surface area contributed by atoms with Crippen LogP contribution in [0.15, 0.2) is 18.2 Å². The molecule has 0 amide bonds. The van der Waals surface area contributed by atoms with Gasteiger partial charge in [-0.2, -0.15) is 17.6 Å². The van der Waals surface area contributed by atoms with Crippen molar-refractivity contribution in [2.24, 2.45) is 0 Å². The molecule has 94 valence electrons. The van der Waals surface area contributed by atoms with E-state index in [9.17, 15) is 27.7 Å². The van der Waals surface area contributed by atoms with Crippen LogP contribution in [-0.4, -0.2) is 17.5 Å². The van der Waals surface area contributed by atoms with E-state index in [0.29, 0.717) is 6.07 Å². The lowest BCUT2D eigenvalue weighted by Gasteiger charge is -2.16. The topological polar surface area (TPSA) is 52.4 Å². The molecule has 0 unspecified atom stereocenters. The Hall–Kier alpha value is -1.57. The van der Waals surface area contributed by atoms with Gasteiger partial charge in [0.25, 0.3) is 5.69 Å². The zero-order valence-corrected chi connectivity index (χ0v) is 8.63. The predicted octanol–water partition coefficient (Wildman–Crippen LogP) is 3.48. The minimum atomic E-state index is -4.72. The molecule has 0 aliphatic rings. The Morgan fingerprint density at radius 3 is 2.47 bits per heavy atom. The maximum absolute atomic E-state index is 12.5. The summed E-state index contributed by atoms with van der Waals surface area (Å²) in [4.78, 5) is 9.45. The monoisotopic (exact) mass is 273 g/mol. The number of hydrogen-bond acceptors (Lipinski definition) is 3. The van der Waals surface area contributed by atoms with E-state index >= 15 is 0 Å². The fourth-order valence-corrected chi connectivity index (χ4v) is 1.08.